The summed E-state index contributed by atoms with van der Waals surface area (Å²) in [6.45, 7) is 8.12. The van der Waals surface area contributed by atoms with Crippen LogP contribution >= 0.6 is 12.2 Å². The molecule has 0 spiro atoms. The molecule has 1 amide bonds. The average Bonchev–Trinajstić information content (AvgIpc) is 3.22. The first kappa shape index (κ1) is 26.1. The monoisotopic (exact) mass is 464 g/mol. The van der Waals surface area contributed by atoms with Gasteiger partial charge in [-0.05, 0) is 39.2 Å². The molecule has 0 saturated carbocycles. The number of thiocarbonyl (C=S) groups is 1. The van der Waals surface area contributed by atoms with E-state index in [0.29, 0.717) is 18.0 Å². The van der Waals surface area contributed by atoms with Crippen LogP contribution in [0.5, 0.6) is 0 Å². The molecule has 4 atom stereocenters. The second-order valence-corrected chi connectivity index (χ2v) is 9.59. The number of hydrogen-bond donors (Lipinski definition) is 1. The van der Waals surface area contributed by atoms with Gasteiger partial charge in [0.25, 0.3) is 0 Å². The first-order valence-corrected chi connectivity index (χ1v) is 11.4. The second-order valence-electron chi connectivity index (χ2n) is 9.15. The molecule has 0 aromatic heterocycles. The molecule has 1 heterocycles. The number of ether oxygens (including phenoxy) is 3. The molecular formula is C24H36N2O5S. The number of likely N-dealkylation sites (tertiary alicyclic amines) is 1. The number of nitrogens with one attached hydrogen (secondary N) is 1. The van der Waals surface area contributed by atoms with Crippen molar-refractivity contribution in [1.29, 1.82) is 0 Å². The maximum absolute atomic E-state index is 12.7. The van der Waals surface area contributed by atoms with E-state index in [1.165, 1.54) is 7.11 Å². The third kappa shape index (κ3) is 7.17. The van der Waals surface area contributed by atoms with Gasteiger partial charge in [-0.2, -0.15) is 0 Å². The van der Waals surface area contributed by atoms with Crippen molar-refractivity contribution < 1.29 is 23.8 Å². The molecule has 1 aliphatic rings. The molecule has 7 nitrogen and oxygen atoms in total. The van der Waals surface area contributed by atoms with Crippen LogP contribution in [0, 0.1) is 5.92 Å². The Kier molecular flexibility index (Phi) is 9.46. The van der Waals surface area contributed by atoms with Crippen molar-refractivity contribution in [3.63, 3.8) is 0 Å². The topological polar surface area (TPSA) is 77.1 Å². The van der Waals surface area contributed by atoms with E-state index in [1.54, 1.807) is 12.0 Å². The molecule has 0 radical (unpaired) electrons. The number of nitrogens with zero attached hydrogens (tertiary/aromatic N) is 1. The van der Waals surface area contributed by atoms with Crippen LogP contribution in [0.3, 0.4) is 0 Å². The van der Waals surface area contributed by atoms with Crippen LogP contribution in [0.15, 0.2) is 30.3 Å². The zero-order chi connectivity index (χ0) is 23.9. The summed E-state index contributed by atoms with van der Waals surface area (Å²) >= 11 is 5.67. The number of methoxy groups -OCH3 is 2. The summed E-state index contributed by atoms with van der Waals surface area (Å²) in [6, 6.07) is 8.93. The minimum Gasteiger partial charge on any atom is -0.467 e. The normalized spacial score (nSPS) is 19.1. The lowest BCUT2D eigenvalue weighted by atomic mass is 9.95. The summed E-state index contributed by atoms with van der Waals surface area (Å²) in [5.41, 5.74) is 0.432. The molecular weight excluding hydrogens is 428 g/mol. The van der Waals surface area contributed by atoms with Gasteiger partial charge in [-0.1, -0.05) is 49.5 Å². The Morgan fingerprint density at radius 1 is 1.22 bits per heavy atom. The predicted molar refractivity (Wildman–Crippen MR) is 128 cm³/mol. The van der Waals surface area contributed by atoms with Crippen LogP contribution < -0.4 is 5.32 Å². The molecule has 1 aromatic carbocycles. The van der Waals surface area contributed by atoms with Crippen molar-refractivity contribution in [2.45, 2.75) is 70.7 Å². The Labute approximate surface area is 196 Å². The molecule has 32 heavy (non-hydrogen) atoms. The first-order valence-electron chi connectivity index (χ1n) is 11.0. The predicted octanol–water partition coefficient (Wildman–Crippen LogP) is 3.74. The fourth-order valence-corrected chi connectivity index (χ4v) is 4.29. The van der Waals surface area contributed by atoms with E-state index in [-0.39, 0.29) is 30.1 Å². The highest BCUT2D eigenvalue weighted by molar-refractivity contribution is 7.80. The number of esters is 1. The van der Waals surface area contributed by atoms with Crippen molar-refractivity contribution in [3.05, 3.63) is 35.9 Å². The molecule has 2 rings (SSSR count). The van der Waals surface area contributed by atoms with Crippen LogP contribution in [-0.2, 0) is 25.4 Å². The summed E-state index contributed by atoms with van der Waals surface area (Å²) in [5.74, 6) is -0.611. The molecule has 1 aliphatic heterocycles. The number of carbonyl (C=O) groups is 2. The van der Waals surface area contributed by atoms with Crippen molar-refractivity contribution in [3.8, 4) is 0 Å². The van der Waals surface area contributed by atoms with E-state index < -0.39 is 11.6 Å². The van der Waals surface area contributed by atoms with E-state index in [1.807, 2.05) is 58.0 Å². The highest BCUT2D eigenvalue weighted by Gasteiger charge is 2.40. The molecule has 0 unspecified atom stereocenters. The number of amides is 1. The van der Waals surface area contributed by atoms with Crippen molar-refractivity contribution in [1.82, 2.24) is 10.2 Å². The molecule has 1 saturated heterocycles. The van der Waals surface area contributed by atoms with Gasteiger partial charge in [0.2, 0.25) is 0 Å². The van der Waals surface area contributed by atoms with Crippen LogP contribution in [0.4, 0.5) is 4.79 Å². The van der Waals surface area contributed by atoms with E-state index in [0.717, 1.165) is 18.4 Å². The fourth-order valence-electron chi connectivity index (χ4n) is 4.01. The van der Waals surface area contributed by atoms with Gasteiger partial charge < -0.3 is 24.4 Å². The van der Waals surface area contributed by atoms with Gasteiger partial charge in [-0.25, -0.2) is 9.59 Å². The standard InChI is InChI=1S/C24H36N2O5S/c1-16(20(29-5)19-13-10-14-26(19)23(28)31-24(2,3)4)21(32)25-18(22(27)30-6)15-17-11-8-7-9-12-17/h7-9,11-12,16,18-20H,10,13-15H2,1-6H3,(H,25,32)/t16-,18+,19+,20-/m1/s1. The van der Waals surface area contributed by atoms with Crippen LogP contribution in [0.1, 0.15) is 46.1 Å². The molecule has 0 bridgehead atoms. The summed E-state index contributed by atoms with van der Waals surface area (Å²) in [7, 11) is 2.99. The van der Waals surface area contributed by atoms with Crippen LogP contribution in [0.25, 0.3) is 0 Å². The van der Waals surface area contributed by atoms with Crippen molar-refractivity contribution in [2.24, 2.45) is 5.92 Å². The lowest BCUT2D eigenvalue weighted by Gasteiger charge is -2.36. The Bertz CT molecular complexity index is 780. The largest absolute Gasteiger partial charge is 0.467 e. The molecule has 1 aromatic rings. The molecule has 8 heteroatoms. The fraction of sp³-hybridized carbons (Fsp3) is 0.625. The van der Waals surface area contributed by atoms with Gasteiger partial charge in [0.15, 0.2) is 0 Å². The zero-order valence-electron chi connectivity index (χ0n) is 19.9. The van der Waals surface area contributed by atoms with E-state index in [4.69, 9.17) is 26.4 Å². The number of rotatable bonds is 8. The van der Waals surface area contributed by atoms with Gasteiger partial charge in [0.1, 0.15) is 11.6 Å². The Morgan fingerprint density at radius 2 is 1.88 bits per heavy atom. The maximum Gasteiger partial charge on any atom is 0.410 e. The number of carbonyl (C=O) groups excluding carboxylic acids is 2. The zero-order valence-corrected chi connectivity index (χ0v) is 20.7. The SMILES string of the molecule is COC(=O)[C@H](Cc1ccccc1)NC(=S)[C@H](C)[C@@H](OC)[C@@H]1CCCN1C(=O)OC(C)(C)C. The maximum atomic E-state index is 12.7. The lowest BCUT2D eigenvalue weighted by molar-refractivity contribution is -0.142. The third-order valence-corrected chi connectivity index (χ3v) is 6.06. The van der Waals surface area contributed by atoms with Gasteiger partial charge >= 0.3 is 12.1 Å². The molecule has 1 fully saturated rings. The summed E-state index contributed by atoms with van der Waals surface area (Å²) in [5, 5.41) is 3.18. The van der Waals surface area contributed by atoms with Crippen molar-refractivity contribution >= 4 is 29.3 Å². The molecule has 0 aliphatic carbocycles. The smallest absolute Gasteiger partial charge is 0.410 e. The highest BCUT2D eigenvalue weighted by Crippen LogP contribution is 2.28. The molecule has 178 valence electrons. The quantitative estimate of drug-likeness (QED) is 0.464. The first-order chi connectivity index (χ1) is 15.1. The van der Waals surface area contributed by atoms with E-state index in [2.05, 4.69) is 5.32 Å². The van der Waals surface area contributed by atoms with Crippen LogP contribution in [-0.4, -0.2) is 66.5 Å². The highest BCUT2D eigenvalue weighted by atomic mass is 32.1. The van der Waals surface area contributed by atoms with Gasteiger partial charge in [-0.3, -0.25) is 0 Å². The Balaban J connectivity index is 2.11. The number of benzene rings is 1. The summed E-state index contributed by atoms with van der Waals surface area (Å²) < 4.78 is 16.4. The van der Waals surface area contributed by atoms with Gasteiger partial charge in [-0.15, -0.1) is 0 Å². The molecule has 1 N–H and O–H groups in total. The second kappa shape index (κ2) is 11.6. The minimum atomic E-state index is -0.611. The third-order valence-electron chi connectivity index (χ3n) is 5.57. The average molecular weight is 465 g/mol. The van der Waals surface area contributed by atoms with Crippen LogP contribution in [0.2, 0.25) is 0 Å². The lowest BCUT2D eigenvalue weighted by Crippen LogP contribution is -2.52. The summed E-state index contributed by atoms with van der Waals surface area (Å²) in [4.78, 5) is 27.4. The Hall–Kier alpha value is -2.19. The number of hydrogen-bond acceptors (Lipinski definition) is 6. The van der Waals surface area contributed by atoms with Gasteiger partial charge in [0, 0.05) is 26.0 Å². The van der Waals surface area contributed by atoms with E-state index >= 15 is 0 Å². The van der Waals surface area contributed by atoms with Gasteiger partial charge in [0.05, 0.1) is 24.2 Å². The van der Waals surface area contributed by atoms with Crippen molar-refractivity contribution in [2.75, 3.05) is 20.8 Å². The minimum absolute atomic E-state index is 0.157. The summed E-state index contributed by atoms with van der Waals surface area (Å²) in [6.07, 6.45) is 1.44. The van der Waals surface area contributed by atoms with E-state index in [9.17, 15) is 9.59 Å². The Morgan fingerprint density at radius 3 is 2.44 bits per heavy atom.